The molecule has 2 heterocycles. The van der Waals surface area contributed by atoms with Gasteiger partial charge < -0.3 is 14.7 Å². The molecule has 1 aromatic carbocycles. The van der Waals surface area contributed by atoms with Crippen molar-refractivity contribution in [2.45, 2.75) is 12.1 Å². The average Bonchev–Trinajstić information content (AvgIpc) is 2.89. The van der Waals surface area contributed by atoms with Crippen molar-refractivity contribution in [1.82, 2.24) is 4.90 Å². The lowest BCUT2D eigenvalue weighted by molar-refractivity contribution is -0.150. The summed E-state index contributed by atoms with van der Waals surface area (Å²) in [5, 5.41) is 9.39. The Kier molecular flexibility index (Phi) is 3.56. The van der Waals surface area contributed by atoms with Gasteiger partial charge in [-0.3, -0.25) is 4.79 Å². The highest BCUT2D eigenvalue weighted by molar-refractivity contribution is 6.30. The first-order chi connectivity index (χ1) is 10.4. The molecule has 1 fully saturated rings. The van der Waals surface area contributed by atoms with Crippen molar-refractivity contribution in [3.63, 3.8) is 0 Å². The molecule has 116 valence electrons. The van der Waals surface area contributed by atoms with Crippen molar-refractivity contribution in [1.29, 1.82) is 0 Å². The maximum Gasteiger partial charge on any atom is 0.343 e. The Balaban J connectivity index is 1.81. The van der Waals surface area contributed by atoms with E-state index >= 15 is 0 Å². The lowest BCUT2D eigenvalue weighted by atomic mass is 10.1. The molecule has 0 spiro atoms. The topological polar surface area (TPSA) is 66.8 Å². The number of hydrogen-bond donors (Lipinski definition) is 1. The summed E-state index contributed by atoms with van der Waals surface area (Å²) in [5.41, 5.74) is -1.34. The highest BCUT2D eigenvalue weighted by Gasteiger charge is 2.47. The Morgan fingerprint density at radius 2 is 2.18 bits per heavy atom. The first kappa shape index (κ1) is 14.8. The summed E-state index contributed by atoms with van der Waals surface area (Å²) in [6.07, 6.45) is 1.44. The number of alkyl halides is 1. The highest BCUT2D eigenvalue weighted by Crippen LogP contribution is 2.31. The SMILES string of the molecule is O=C(C1=Cc2cc(Cl)ccc2OC1)N1CCC(F)(C(=O)O)C1. The number of carbonyl (C=O) groups excluding carboxylic acids is 1. The van der Waals surface area contributed by atoms with Crippen molar-refractivity contribution in [2.24, 2.45) is 0 Å². The summed E-state index contributed by atoms with van der Waals surface area (Å²) in [5.74, 6) is -1.33. The summed E-state index contributed by atoms with van der Waals surface area (Å²) in [6, 6.07) is 5.07. The minimum atomic E-state index is -2.37. The number of amides is 1. The molecule has 0 bridgehead atoms. The first-order valence-corrected chi connectivity index (χ1v) is 7.11. The third-order valence-corrected chi connectivity index (χ3v) is 4.08. The molecule has 1 aromatic rings. The number of nitrogens with zero attached hydrogens (tertiary/aromatic N) is 1. The number of rotatable bonds is 2. The number of fused-ring (bicyclic) bond motifs is 1. The second kappa shape index (κ2) is 5.28. The molecule has 0 saturated carbocycles. The number of ether oxygens (including phenoxy) is 1. The summed E-state index contributed by atoms with van der Waals surface area (Å²) in [7, 11) is 0. The molecule has 0 aliphatic carbocycles. The van der Waals surface area contributed by atoms with Crippen LogP contribution < -0.4 is 4.74 Å². The molecule has 7 heteroatoms. The van der Waals surface area contributed by atoms with Crippen LogP contribution in [0.5, 0.6) is 5.75 Å². The van der Waals surface area contributed by atoms with Crippen molar-refractivity contribution in [3.05, 3.63) is 34.4 Å². The number of aliphatic carboxylic acids is 1. The van der Waals surface area contributed by atoms with E-state index in [0.29, 0.717) is 21.9 Å². The fraction of sp³-hybridized carbons (Fsp3) is 0.333. The van der Waals surface area contributed by atoms with E-state index in [-0.39, 0.29) is 19.6 Å². The van der Waals surface area contributed by atoms with Crippen LogP contribution in [0.1, 0.15) is 12.0 Å². The van der Waals surface area contributed by atoms with Gasteiger partial charge in [0.1, 0.15) is 12.4 Å². The van der Waals surface area contributed by atoms with Crippen LogP contribution in [0.4, 0.5) is 4.39 Å². The lowest BCUT2D eigenvalue weighted by Crippen LogP contribution is -2.40. The van der Waals surface area contributed by atoms with Crippen LogP contribution in [-0.2, 0) is 9.59 Å². The zero-order valence-electron chi connectivity index (χ0n) is 11.5. The largest absolute Gasteiger partial charge is 0.488 e. The van der Waals surface area contributed by atoms with Gasteiger partial charge in [-0.1, -0.05) is 11.6 Å². The molecule has 0 radical (unpaired) electrons. The zero-order valence-corrected chi connectivity index (χ0v) is 12.3. The van der Waals surface area contributed by atoms with Gasteiger partial charge >= 0.3 is 5.97 Å². The van der Waals surface area contributed by atoms with E-state index in [1.165, 1.54) is 4.90 Å². The molecule has 1 N–H and O–H groups in total. The van der Waals surface area contributed by atoms with E-state index < -0.39 is 24.1 Å². The van der Waals surface area contributed by atoms with Crippen molar-refractivity contribution in [3.8, 4) is 5.75 Å². The van der Waals surface area contributed by atoms with E-state index in [4.69, 9.17) is 21.4 Å². The van der Waals surface area contributed by atoms with Gasteiger partial charge in [-0.25, -0.2) is 9.18 Å². The predicted octanol–water partition coefficient (Wildman–Crippen LogP) is 2.14. The predicted molar refractivity (Wildman–Crippen MR) is 77.6 cm³/mol. The summed E-state index contributed by atoms with van der Waals surface area (Å²) >= 11 is 5.91. The Morgan fingerprint density at radius 1 is 1.41 bits per heavy atom. The second-order valence-electron chi connectivity index (χ2n) is 5.39. The maximum atomic E-state index is 14.0. The normalized spacial score (nSPS) is 23.5. The number of carbonyl (C=O) groups is 2. The lowest BCUT2D eigenvalue weighted by Gasteiger charge is -2.22. The molecule has 1 unspecified atom stereocenters. The highest BCUT2D eigenvalue weighted by atomic mass is 35.5. The van der Waals surface area contributed by atoms with Crippen LogP contribution in [0.3, 0.4) is 0 Å². The van der Waals surface area contributed by atoms with Gasteiger partial charge in [0.25, 0.3) is 5.91 Å². The smallest absolute Gasteiger partial charge is 0.343 e. The fourth-order valence-corrected chi connectivity index (χ4v) is 2.78. The number of halogens is 2. The molecule has 5 nitrogen and oxygen atoms in total. The molecular formula is C15H13ClFNO4. The number of benzene rings is 1. The van der Waals surface area contributed by atoms with E-state index in [1.807, 2.05) is 0 Å². The molecule has 2 aliphatic rings. The summed E-state index contributed by atoms with van der Waals surface area (Å²) in [6.45, 7) is -0.307. The van der Waals surface area contributed by atoms with Crippen LogP contribution in [0.15, 0.2) is 23.8 Å². The van der Waals surface area contributed by atoms with Gasteiger partial charge in [0.05, 0.1) is 12.1 Å². The van der Waals surface area contributed by atoms with Crippen LogP contribution in [0.25, 0.3) is 6.08 Å². The summed E-state index contributed by atoms with van der Waals surface area (Å²) < 4.78 is 19.5. The molecule has 3 rings (SSSR count). The molecule has 1 atom stereocenters. The number of carboxylic acid groups (broad SMARTS) is 1. The fourth-order valence-electron chi connectivity index (χ4n) is 2.60. The van der Waals surface area contributed by atoms with E-state index in [1.54, 1.807) is 24.3 Å². The molecule has 22 heavy (non-hydrogen) atoms. The quantitative estimate of drug-likeness (QED) is 0.904. The van der Waals surface area contributed by atoms with Crippen LogP contribution in [0, 0.1) is 0 Å². The van der Waals surface area contributed by atoms with Crippen molar-refractivity contribution >= 4 is 29.6 Å². The maximum absolute atomic E-state index is 14.0. The zero-order chi connectivity index (χ0) is 15.9. The third kappa shape index (κ3) is 2.54. The Bertz CT molecular complexity index is 690. The van der Waals surface area contributed by atoms with Gasteiger partial charge in [-0.05, 0) is 24.3 Å². The van der Waals surface area contributed by atoms with E-state index in [2.05, 4.69) is 0 Å². The Hall–Kier alpha value is -2.08. The van der Waals surface area contributed by atoms with Gasteiger partial charge in [0, 0.05) is 23.6 Å². The Labute approximate surface area is 130 Å². The van der Waals surface area contributed by atoms with Gasteiger partial charge in [-0.2, -0.15) is 0 Å². The monoisotopic (exact) mass is 325 g/mol. The number of hydrogen-bond acceptors (Lipinski definition) is 3. The third-order valence-electron chi connectivity index (χ3n) is 3.85. The first-order valence-electron chi connectivity index (χ1n) is 6.73. The van der Waals surface area contributed by atoms with Crippen molar-refractivity contribution < 1.29 is 23.8 Å². The van der Waals surface area contributed by atoms with Crippen LogP contribution in [-0.4, -0.2) is 47.2 Å². The minimum absolute atomic E-state index is 0.0658. The van der Waals surface area contributed by atoms with Crippen LogP contribution >= 0.6 is 11.6 Å². The molecule has 1 amide bonds. The second-order valence-corrected chi connectivity index (χ2v) is 5.82. The standard InChI is InChI=1S/C15H13ClFNO4/c16-11-1-2-12-9(6-11)5-10(7-22-12)13(19)18-4-3-15(17,8-18)14(20)21/h1-2,5-6H,3-4,7-8H2,(H,20,21). The minimum Gasteiger partial charge on any atom is -0.488 e. The molecule has 2 aliphatic heterocycles. The van der Waals surface area contributed by atoms with Crippen molar-refractivity contribution in [2.75, 3.05) is 19.7 Å². The average molecular weight is 326 g/mol. The summed E-state index contributed by atoms with van der Waals surface area (Å²) in [4.78, 5) is 24.5. The molecule has 1 saturated heterocycles. The van der Waals surface area contributed by atoms with Gasteiger partial charge in [-0.15, -0.1) is 0 Å². The number of likely N-dealkylation sites (tertiary alicyclic amines) is 1. The molecule has 0 aromatic heterocycles. The van der Waals surface area contributed by atoms with Crippen LogP contribution in [0.2, 0.25) is 5.02 Å². The molecular weight excluding hydrogens is 313 g/mol. The van der Waals surface area contributed by atoms with E-state index in [0.717, 1.165) is 0 Å². The Morgan fingerprint density at radius 3 is 2.86 bits per heavy atom. The van der Waals surface area contributed by atoms with E-state index in [9.17, 15) is 14.0 Å². The van der Waals surface area contributed by atoms with Gasteiger partial charge in [0.2, 0.25) is 5.67 Å². The number of carboxylic acids is 1. The van der Waals surface area contributed by atoms with Gasteiger partial charge in [0.15, 0.2) is 0 Å².